The smallest absolute Gasteiger partial charge is 0.260 e. The van der Waals surface area contributed by atoms with Crippen LogP contribution in [-0.4, -0.2) is 74.3 Å². The normalized spacial score (nSPS) is 16.2. The van der Waals surface area contributed by atoms with Gasteiger partial charge in [0, 0.05) is 20.2 Å². The molecule has 10 nitrogen and oxygen atoms in total. The van der Waals surface area contributed by atoms with Crippen molar-refractivity contribution in [2.24, 2.45) is 0 Å². The summed E-state index contributed by atoms with van der Waals surface area (Å²) in [7, 11) is -2.19. The first-order chi connectivity index (χ1) is 12.0. The summed E-state index contributed by atoms with van der Waals surface area (Å²) in [5.74, 6) is 0.143. The van der Waals surface area contributed by atoms with Gasteiger partial charge in [0.25, 0.3) is 10.0 Å². The van der Waals surface area contributed by atoms with Gasteiger partial charge in [-0.15, -0.1) is 0 Å². The fourth-order valence-electron chi connectivity index (χ4n) is 2.37. The molecular formula is C14H19N5O5S. The Kier molecular flexibility index (Phi) is 5.27. The van der Waals surface area contributed by atoms with Crippen molar-refractivity contribution in [3.05, 3.63) is 12.1 Å². The maximum absolute atomic E-state index is 12.8. The molecule has 0 saturated carbocycles. The maximum atomic E-state index is 12.8. The van der Waals surface area contributed by atoms with Gasteiger partial charge in [-0.2, -0.15) is 9.29 Å². The summed E-state index contributed by atoms with van der Waals surface area (Å²) in [4.78, 5) is 12.3. The van der Waals surface area contributed by atoms with Gasteiger partial charge >= 0.3 is 0 Å². The monoisotopic (exact) mass is 369 g/mol. The molecule has 3 heterocycles. The van der Waals surface area contributed by atoms with Crippen molar-refractivity contribution in [2.45, 2.75) is 5.03 Å². The second-order valence-electron chi connectivity index (χ2n) is 5.26. The Hall–Kier alpha value is -2.08. The number of nitrogens with two attached hydrogens (primary N) is 1. The average molecular weight is 369 g/mol. The minimum absolute atomic E-state index is 0.0190. The van der Waals surface area contributed by atoms with Gasteiger partial charge in [-0.05, 0) is 12.1 Å². The number of aromatic nitrogens is 3. The van der Waals surface area contributed by atoms with Crippen molar-refractivity contribution in [3.63, 3.8) is 0 Å². The molecule has 2 N–H and O–H groups in total. The number of fused-ring (bicyclic) bond motifs is 1. The molecular weight excluding hydrogens is 350 g/mol. The SMILES string of the molecule is COCCOc1nc(N)nc2ccc(S(=O)(=O)N3CCOCC3)nc12. The highest BCUT2D eigenvalue weighted by atomic mass is 32.2. The van der Waals surface area contributed by atoms with Gasteiger partial charge in [-0.25, -0.2) is 18.4 Å². The van der Waals surface area contributed by atoms with Crippen molar-refractivity contribution >= 4 is 27.0 Å². The lowest BCUT2D eigenvalue weighted by Gasteiger charge is -2.25. The number of hydrogen-bond donors (Lipinski definition) is 1. The fourth-order valence-corrected chi connectivity index (χ4v) is 3.71. The van der Waals surface area contributed by atoms with E-state index in [0.29, 0.717) is 25.3 Å². The lowest BCUT2D eigenvalue weighted by atomic mass is 10.3. The quantitative estimate of drug-likeness (QED) is 0.679. The molecule has 0 spiro atoms. The number of hydrogen-bond acceptors (Lipinski definition) is 9. The van der Waals surface area contributed by atoms with Crippen molar-refractivity contribution < 1.29 is 22.6 Å². The van der Waals surface area contributed by atoms with Gasteiger partial charge in [-0.1, -0.05) is 0 Å². The van der Waals surface area contributed by atoms with Gasteiger partial charge in [0.2, 0.25) is 11.8 Å². The highest BCUT2D eigenvalue weighted by molar-refractivity contribution is 7.89. The standard InChI is InChI=1S/C14H19N5O5S/c1-22-8-9-24-13-12-10(16-14(15)18-13)2-3-11(17-12)25(20,21)19-4-6-23-7-5-19/h2-3H,4-9H2,1H3,(H2,15,16,18). The molecule has 2 aromatic rings. The van der Waals surface area contributed by atoms with Crippen molar-refractivity contribution in [2.75, 3.05) is 52.4 Å². The highest BCUT2D eigenvalue weighted by Crippen LogP contribution is 2.24. The van der Waals surface area contributed by atoms with Gasteiger partial charge in [0.05, 0.1) is 25.3 Å². The molecule has 0 unspecified atom stereocenters. The summed E-state index contributed by atoms with van der Waals surface area (Å²) in [6.07, 6.45) is 0. The summed E-state index contributed by atoms with van der Waals surface area (Å²) in [5.41, 5.74) is 6.31. The molecule has 136 valence electrons. The number of morpholine rings is 1. The Bertz CT molecular complexity index is 854. The van der Waals surface area contributed by atoms with Crippen LogP contribution >= 0.6 is 0 Å². The van der Waals surface area contributed by atoms with Crippen LogP contribution in [0.2, 0.25) is 0 Å². The number of sulfonamides is 1. The molecule has 11 heteroatoms. The predicted molar refractivity (Wildman–Crippen MR) is 88.7 cm³/mol. The second kappa shape index (κ2) is 7.44. The summed E-state index contributed by atoms with van der Waals surface area (Å²) in [6, 6.07) is 2.94. The minimum Gasteiger partial charge on any atom is -0.474 e. The van der Waals surface area contributed by atoms with Crippen LogP contribution in [0.5, 0.6) is 5.88 Å². The zero-order valence-corrected chi connectivity index (χ0v) is 14.5. The Labute approximate surface area is 145 Å². The van der Waals surface area contributed by atoms with Crippen molar-refractivity contribution in [1.82, 2.24) is 19.3 Å². The third kappa shape index (κ3) is 3.79. The van der Waals surface area contributed by atoms with Crippen LogP contribution in [-0.2, 0) is 19.5 Å². The van der Waals surface area contributed by atoms with Crippen LogP contribution in [0.3, 0.4) is 0 Å². The molecule has 0 bridgehead atoms. The first-order valence-electron chi connectivity index (χ1n) is 7.66. The predicted octanol–water partition coefficient (Wildman–Crippen LogP) is -0.347. The second-order valence-corrected chi connectivity index (χ2v) is 7.15. The first kappa shape index (κ1) is 17.7. The molecule has 0 aromatic carbocycles. The number of anilines is 1. The van der Waals surface area contributed by atoms with Crippen LogP contribution in [0, 0.1) is 0 Å². The first-order valence-corrected chi connectivity index (χ1v) is 9.10. The molecule has 3 rings (SSSR count). The van der Waals surface area contributed by atoms with Gasteiger partial charge in [-0.3, -0.25) is 0 Å². The number of ether oxygens (including phenoxy) is 3. The zero-order chi connectivity index (χ0) is 17.9. The van der Waals surface area contributed by atoms with Crippen LogP contribution in [0.25, 0.3) is 11.0 Å². The zero-order valence-electron chi connectivity index (χ0n) is 13.7. The third-order valence-corrected chi connectivity index (χ3v) is 5.40. The van der Waals surface area contributed by atoms with E-state index in [1.807, 2.05) is 0 Å². The van der Waals surface area contributed by atoms with E-state index in [0.717, 1.165) is 0 Å². The molecule has 0 amide bonds. The van der Waals surface area contributed by atoms with E-state index >= 15 is 0 Å². The van der Waals surface area contributed by atoms with E-state index in [2.05, 4.69) is 15.0 Å². The van der Waals surface area contributed by atoms with Crippen molar-refractivity contribution in [1.29, 1.82) is 0 Å². The molecule has 1 aliphatic heterocycles. The number of nitrogen functional groups attached to an aromatic ring is 1. The van der Waals surface area contributed by atoms with Crippen molar-refractivity contribution in [3.8, 4) is 5.88 Å². The average Bonchev–Trinajstić information content (AvgIpc) is 2.62. The van der Waals surface area contributed by atoms with Gasteiger partial charge < -0.3 is 19.9 Å². The van der Waals surface area contributed by atoms with Crippen LogP contribution in [0.15, 0.2) is 17.2 Å². The van der Waals surface area contributed by atoms with E-state index in [1.165, 1.54) is 16.4 Å². The fraction of sp³-hybridized carbons (Fsp3) is 0.500. The van der Waals surface area contributed by atoms with E-state index in [9.17, 15) is 8.42 Å². The number of nitrogens with zero attached hydrogens (tertiary/aromatic N) is 4. The summed E-state index contributed by atoms with van der Waals surface area (Å²) >= 11 is 0. The number of pyridine rings is 1. The van der Waals surface area contributed by atoms with E-state index in [-0.39, 0.29) is 42.1 Å². The van der Waals surface area contributed by atoms with E-state index in [1.54, 1.807) is 7.11 Å². The summed E-state index contributed by atoms with van der Waals surface area (Å²) < 4.78 is 42.5. The van der Waals surface area contributed by atoms with Gasteiger partial charge in [0.15, 0.2) is 10.5 Å². The number of rotatable bonds is 6. The molecule has 0 radical (unpaired) electrons. The summed E-state index contributed by atoms with van der Waals surface area (Å²) in [5, 5.41) is -0.0909. The van der Waals surface area contributed by atoms with Crippen LogP contribution in [0.1, 0.15) is 0 Å². The summed E-state index contributed by atoms with van der Waals surface area (Å²) in [6.45, 7) is 1.87. The molecule has 1 aliphatic rings. The Balaban J connectivity index is 2.00. The highest BCUT2D eigenvalue weighted by Gasteiger charge is 2.28. The molecule has 0 atom stereocenters. The Morgan fingerprint density at radius 1 is 1.20 bits per heavy atom. The third-order valence-electron chi connectivity index (χ3n) is 3.60. The number of methoxy groups -OCH3 is 1. The molecule has 1 fully saturated rings. The largest absolute Gasteiger partial charge is 0.474 e. The molecule has 2 aromatic heterocycles. The topological polar surface area (TPSA) is 130 Å². The lowest BCUT2D eigenvalue weighted by Crippen LogP contribution is -2.40. The lowest BCUT2D eigenvalue weighted by molar-refractivity contribution is 0.0729. The van der Waals surface area contributed by atoms with Crippen LogP contribution in [0.4, 0.5) is 5.95 Å². The molecule has 1 saturated heterocycles. The Morgan fingerprint density at radius 2 is 1.96 bits per heavy atom. The molecule has 25 heavy (non-hydrogen) atoms. The Morgan fingerprint density at radius 3 is 2.68 bits per heavy atom. The van der Waals surface area contributed by atoms with Gasteiger partial charge in [0.1, 0.15) is 6.61 Å². The van der Waals surface area contributed by atoms with Crippen LogP contribution < -0.4 is 10.5 Å². The van der Waals surface area contributed by atoms with E-state index < -0.39 is 10.0 Å². The minimum atomic E-state index is -3.73. The maximum Gasteiger partial charge on any atom is 0.260 e. The van der Waals surface area contributed by atoms with E-state index in [4.69, 9.17) is 19.9 Å². The molecule has 0 aliphatic carbocycles.